The molecule has 0 bridgehead atoms. The minimum Gasteiger partial charge on any atom is -0.375 e. The average molecular weight is 292 g/mol. The van der Waals surface area contributed by atoms with Crippen molar-refractivity contribution < 1.29 is 4.74 Å². The van der Waals surface area contributed by atoms with Crippen LogP contribution in [-0.2, 0) is 17.9 Å². The molecule has 3 heteroatoms. The van der Waals surface area contributed by atoms with Crippen molar-refractivity contribution in [2.75, 3.05) is 26.2 Å². The van der Waals surface area contributed by atoms with Crippen LogP contribution in [0, 0.1) is 0 Å². The van der Waals surface area contributed by atoms with Crippen LogP contribution in [0.5, 0.6) is 0 Å². The fourth-order valence-corrected chi connectivity index (χ4v) is 2.04. The standard InChI is InChI=1S/C18H32N2O/c1-6-20(7-2)12-13-21-15-17-10-8-16(9-11-17)14-19-18(3,4)5/h8-11,19H,6-7,12-15H2,1-5H3. The van der Waals surface area contributed by atoms with Crippen LogP contribution in [-0.4, -0.2) is 36.7 Å². The van der Waals surface area contributed by atoms with Gasteiger partial charge in [0.25, 0.3) is 0 Å². The SMILES string of the molecule is CCN(CC)CCOCc1ccc(CNC(C)(C)C)cc1. The van der Waals surface area contributed by atoms with Gasteiger partial charge in [0.2, 0.25) is 0 Å². The average Bonchev–Trinajstić information content (AvgIpc) is 2.46. The molecule has 0 aliphatic carbocycles. The molecule has 0 unspecified atom stereocenters. The van der Waals surface area contributed by atoms with E-state index >= 15 is 0 Å². The molecule has 21 heavy (non-hydrogen) atoms. The monoisotopic (exact) mass is 292 g/mol. The Bertz CT molecular complexity index is 377. The van der Waals surface area contributed by atoms with Crippen molar-refractivity contribution in [2.45, 2.75) is 53.3 Å². The molecule has 0 saturated heterocycles. The van der Waals surface area contributed by atoms with Crippen LogP contribution >= 0.6 is 0 Å². The van der Waals surface area contributed by atoms with Crippen molar-refractivity contribution in [3.05, 3.63) is 35.4 Å². The third-order valence-corrected chi connectivity index (χ3v) is 3.56. The number of rotatable bonds is 9. The van der Waals surface area contributed by atoms with Crippen LogP contribution in [0.4, 0.5) is 0 Å². The molecule has 0 fully saturated rings. The predicted molar refractivity (Wildman–Crippen MR) is 90.5 cm³/mol. The summed E-state index contributed by atoms with van der Waals surface area (Å²) < 4.78 is 5.75. The number of nitrogens with zero attached hydrogens (tertiary/aromatic N) is 1. The summed E-state index contributed by atoms with van der Waals surface area (Å²) in [4.78, 5) is 2.38. The number of benzene rings is 1. The number of ether oxygens (including phenoxy) is 1. The second-order valence-corrected chi connectivity index (χ2v) is 6.50. The maximum atomic E-state index is 5.75. The third kappa shape index (κ3) is 8.20. The van der Waals surface area contributed by atoms with E-state index in [-0.39, 0.29) is 5.54 Å². The van der Waals surface area contributed by atoms with E-state index in [9.17, 15) is 0 Å². The summed E-state index contributed by atoms with van der Waals surface area (Å²) in [5, 5.41) is 3.50. The van der Waals surface area contributed by atoms with Gasteiger partial charge in [-0.1, -0.05) is 38.1 Å². The van der Waals surface area contributed by atoms with Gasteiger partial charge in [-0.05, 0) is 45.0 Å². The number of nitrogens with one attached hydrogen (secondary N) is 1. The summed E-state index contributed by atoms with van der Waals surface area (Å²) in [6, 6.07) is 8.69. The minimum absolute atomic E-state index is 0.159. The van der Waals surface area contributed by atoms with E-state index in [2.05, 4.69) is 69.1 Å². The lowest BCUT2D eigenvalue weighted by Gasteiger charge is -2.20. The lowest BCUT2D eigenvalue weighted by molar-refractivity contribution is 0.0956. The summed E-state index contributed by atoms with van der Waals surface area (Å²) in [5.74, 6) is 0. The zero-order valence-corrected chi connectivity index (χ0v) is 14.4. The van der Waals surface area contributed by atoms with Crippen LogP contribution in [0.15, 0.2) is 24.3 Å². The van der Waals surface area contributed by atoms with E-state index in [4.69, 9.17) is 4.74 Å². The van der Waals surface area contributed by atoms with E-state index in [1.807, 2.05) is 0 Å². The Labute approximate surface area is 130 Å². The highest BCUT2D eigenvalue weighted by molar-refractivity contribution is 5.22. The first kappa shape index (κ1) is 18.1. The van der Waals surface area contributed by atoms with Gasteiger partial charge in [-0.25, -0.2) is 0 Å². The smallest absolute Gasteiger partial charge is 0.0717 e. The molecular weight excluding hydrogens is 260 g/mol. The molecule has 0 heterocycles. The molecule has 0 spiro atoms. The van der Waals surface area contributed by atoms with E-state index in [0.717, 1.165) is 32.8 Å². The van der Waals surface area contributed by atoms with Gasteiger partial charge in [0.1, 0.15) is 0 Å². The van der Waals surface area contributed by atoms with Gasteiger partial charge in [0.15, 0.2) is 0 Å². The molecule has 120 valence electrons. The molecule has 1 aromatic carbocycles. The van der Waals surface area contributed by atoms with Crippen LogP contribution in [0.1, 0.15) is 45.7 Å². The molecular formula is C18H32N2O. The zero-order valence-electron chi connectivity index (χ0n) is 14.4. The molecule has 0 amide bonds. The number of hydrogen-bond acceptors (Lipinski definition) is 3. The minimum atomic E-state index is 0.159. The Morgan fingerprint density at radius 1 is 1.00 bits per heavy atom. The normalized spacial score (nSPS) is 12.1. The van der Waals surface area contributed by atoms with Crippen molar-refractivity contribution in [3.63, 3.8) is 0 Å². The second-order valence-electron chi connectivity index (χ2n) is 6.50. The quantitative estimate of drug-likeness (QED) is 0.706. The number of hydrogen-bond donors (Lipinski definition) is 1. The van der Waals surface area contributed by atoms with Crippen molar-refractivity contribution in [1.29, 1.82) is 0 Å². The summed E-state index contributed by atoms with van der Waals surface area (Å²) in [6.07, 6.45) is 0. The summed E-state index contributed by atoms with van der Waals surface area (Å²) in [5.41, 5.74) is 2.72. The van der Waals surface area contributed by atoms with Gasteiger partial charge in [0, 0.05) is 18.6 Å². The molecule has 0 radical (unpaired) electrons. The second kappa shape index (κ2) is 9.19. The summed E-state index contributed by atoms with van der Waals surface area (Å²) in [7, 11) is 0. The van der Waals surface area contributed by atoms with Crippen molar-refractivity contribution in [3.8, 4) is 0 Å². The molecule has 1 rings (SSSR count). The first-order valence-corrected chi connectivity index (χ1v) is 8.07. The fourth-order valence-electron chi connectivity index (χ4n) is 2.04. The lowest BCUT2D eigenvalue weighted by Crippen LogP contribution is -2.35. The molecule has 1 N–H and O–H groups in total. The first-order valence-electron chi connectivity index (χ1n) is 8.07. The summed E-state index contributed by atoms with van der Waals surface area (Å²) in [6.45, 7) is 16.5. The van der Waals surface area contributed by atoms with Gasteiger partial charge in [0.05, 0.1) is 13.2 Å². The van der Waals surface area contributed by atoms with E-state index in [1.165, 1.54) is 11.1 Å². The lowest BCUT2D eigenvalue weighted by atomic mass is 10.1. The molecule has 3 nitrogen and oxygen atoms in total. The molecule has 0 aliphatic heterocycles. The van der Waals surface area contributed by atoms with Crippen LogP contribution in [0.3, 0.4) is 0 Å². The van der Waals surface area contributed by atoms with E-state index < -0.39 is 0 Å². The Kier molecular flexibility index (Phi) is 7.94. The van der Waals surface area contributed by atoms with Gasteiger partial charge in [-0.3, -0.25) is 0 Å². The van der Waals surface area contributed by atoms with Crippen molar-refractivity contribution in [2.24, 2.45) is 0 Å². The Balaban J connectivity index is 2.28. The molecule has 0 saturated carbocycles. The topological polar surface area (TPSA) is 24.5 Å². The molecule has 1 aromatic rings. The maximum absolute atomic E-state index is 5.75. The van der Waals surface area contributed by atoms with Gasteiger partial charge >= 0.3 is 0 Å². The molecule has 0 aliphatic rings. The van der Waals surface area contributed by atoms with Crippen molar-refractivity contribution >= 4 is 0 Å². The highest BCUT2D eigenvalue weighted by atomic mass is 16.5. The Hall–Kier alpha value is -0.900. The predicted octanol–water partition coefficient (Wildman–Crippen LogP) is 3.43. The molecule has 0 atom stereocenters. The van der Waals surface area contributed by atoms with Crippen LogP contribution < -0.4 is 5.32 Å². The van der Waals surface area contributed by atoms with Gasteiger partial charge < -0.3 is 15.0 Å². The van der Waals surface area contributed by atoms with Gasteiger partial charge in [-0.15, -0.1) is 0 Å². The van der Waals surface area contributed by atoms with E-state index in [0.29, 0.717) is 6.61 Å². The number of likely N-dealkylation sites (N-methyl/N-ethyl adjacent to an activating group) is 1. The largest absolute Gasteiger partial charge is 0.375 e. The van der Waals surface area contributed by atoms with Crippen LogP contribution in [0.2, 0.25) is 0 Å². The Morgan fingerprint density at radius 3 is 2.10 bits per heavy atom. The first-order chi connectivity index (χ1) is 9.94. The third-order valence-electron chi connectivity index (χ3n) is 3.56. The van der Waals surface area contributed by atoms with Gasteiger partial charge in [-0.2, -0.15) is 0 Å². The van der Waals surface area contributed by atoms with E-state index in [1.54, 1.807) is 0 Å². The Morgan fingerprint density at radius 2 is 1.57 bits per heavy atom. The van der Waals surface area contributed by atoms with Crippen molar-refractivity contribution in [1.82, 2.24) is 10.2 Å². The van der Waals surface area contributed by atoms with Crippen LogP contribution in [0.25, 0.3) is 0 Å². The highest BCUT2D eigenvalue weighted by Gasteiger charge is 2.08. The highest BCUT2D eigenvalue weighted by Crippen LogP contribution is 2.08. The maximum Gasteiger partial charge on any atom is 0.0717 e. The zero-order chi connectivity index (χ0) is 15.7. The summed E-state index contributed by atoms with van der Waals surface area (Å²) >= 11 is 0. The fraction of sp³-hybridized carbons (Fsp3) is 0.667. The molecule has 0 aromatic heterocycles.